The lowest BCUT2D eigenvalue weighted by Gasteiger charge is -2.29. The average Bonchev–Trinajstić information content (AvgIpc) is 2.29. The molecule has 0 aromatic heterocycles. The molecule has 1 fully saturated rings. The summed E-state index contributed by atoms with van der Waals surface area (Å²) < 4.78 is 0. The minimum atomic E-state index is 0.104. The van der Waals surface area contributed by atoms with E-state index in [-0.39, 0.29) is 6.03 Å². The molecule has 94 valence electrons. The van der Waals surface area contributed by atoms with E-state index >= 15 is 0 Å². The SMILES string of the molecule is CCCC(C)N(C)C(=O)NC1CCCCC1. The number of nitrogens with zero attached hydrogens (tertiary/aromatic N) is 1. The molecule has 1 N–H and O–H groups in total. The fraction of sp³-hybridized carbons (Fsp3) is 0.923. The molecule has 0 spiro atoms. The Morgan fingerprint density at radius 3 is 2.56 bits per heavy atom. The van der Waals surface area contributed by atoms with Gasteiger partial charge in [-0.1, -0.05) is 32.6 Å². The van der Waals surface area contributed by atoms with Gasteiger partial charge in [0.1, 0.15) is 0 Å². The summed E-state index contributed by atoms with van der Waals surface area (Å²) in [6, 6.07) is 0.860. The molecule has 16 heavy (non-hydrogen) atoms. The van der Waals surface area contributed by atoms with Gasteiger partial charge < -0.3 is 10.2 Å². The van der Waals surface area contributed by atoms with Gasteiger partial charge in [0.05, 0.1) is 0 Å². The number of hydrogen-bond acceptors (Lipinski definition) is 1. The third kappa shape index (κ3) is 4.03. The van der Waals surface area contributed by atoms with Crippen molar-refractivity contribution in [3.8, 4) is 0 Å². The maximum atomic E-state index is 11.9. The van der Waals surface area contributed by atoms with Crippen LogP contribution in [0.3, 0.4) is 0 Å². The molecule has 1 unspecified atom stereocenters. The lowest BCUT2D eigenvalue weighted by molar-refractivity contribution is 0.183. The van der Waals surface area contributed by atoms with Crippen LogP contribution in [0.4, 0.5) is 4.79 Å². The Morgan fingerprint density at radius 1 is 1.38 bits per heavy atom. The fourth-order valence-electron chi connectivity index (χ4n) is 2.33. The van der Waals surface area contributed by atoms with Gasteiger partial charge in [-0.15, -0.1) is 0 Å². The second kappa shape index (κ2) is 6.77. The van der Waals surface area contributed by atoms with Crippen molar-refractivity contribution in [2.45, 2.75) is 70.9 Å². The Hall–Kier alpha value is -0.730. The molecule has 0 radical (unpaired) electrons. The van der Waals surface area contributed by atoms with E-state index in [0.29, 0.717) is 12.1 Å². The van der Waals surface area contributed by atoms with Crippen molar-refractivity contribution in [1.29, 1.82) is 0 Å². The van der Waals surface area contributed by atoms with Crippen LogP contribution in [0.2, 0.25) is 0 Å². The molecule has 0 aromatic carbocycles. The monoisotopic (exact) mass is 226 g/mol. The lowest BCUT2D eigenvalue weighted by atomic mass is 9.96. The Kier molecular flexibility index (Phi) is 5.64. The Morgan fingerprint density at radius 2 is 2.00 bits per heavy atom. The van der Waals surface area contributed by atoms with Gasteiger partial charge in [-0.3, -0.25) is 0 Å². The normalized spacial score (nSPS) is 19.2. The molecule has 1 saturated carbocycles. The zero-order valence-corrected chi connectivity index (χ0v) is 11.0. The molecule has 3 nitrogen and oxygen atoms in total. The van der Waals surface area contributed by atoms with Crippen molar-refractivity contribution in [2.75, 3.05) is 7.05 Å². The van der Waals surface area contributed by atoms with E-state index < -0.39 is 0 Å². The summed E-state index contributed by atoms with van der Waals surface area (Å²) in [5.41, 5.74) is 0. The second-order valence-electron chi connectivity index (χ2n) is 5.03. The molecule has 0 bridgehead atoms. The van der Waals surface area contributed by atoms with Crippen molar-refractivity contribution in [3.05, 3.63) is 0 Å². The van der Waals surface area contributed by atoms with Gasteiger partial charge in [0, 0.05) is 19.1 Å². The van der Waals surface area contributed by atoms with Crippen molar-refractivity contribution in [2.24, 2.45) is 0 Å². The number of carbonyl (C=O) groups excluding carboxylic acids is 1. The summed E-state index contributed by atoms with van der Waals surface area (Å²) >= 11 is 0. The van der Waals surface area contributed by atoms with Crippen molar-refractivity contribution < 1.29 is 4.79 Å². The standard InChI is InChI=1S/C13H26N2O/c1-4-8-11(2)15(3)13(16)14-12-9-6-5-7-10-12/h11-12H,4-10H2,1-3H3,(H,14,16). The third-order valence-corrected chi connectivity index (χ3v) is 3.62. The number of amides is 2. The molecule has 2 amide bonds. The van der Waals surface area contributed by atoms with Crippen molar-refractivity contribution >= 4 is 6.03 Å². The van der Waals surface area contributed by atoms with Gasteiger partial charge in [0.15, 0.2) is 0 Å². The number of nitrogens with one attached hydrogen (secondary N) is 1. The third-order valence-electron chi connectivity index (χ3n) is 3.62. The molecule has 1 atom stereocenters. The molecule has 0 aromatic rings. The lowest BCUT2D eigenvalue weighted by Crippen LogP contribution is -2.46. The zero-order valence-electron chi connectivity index (χ0n) is 11.0. The Labute approximate surface area is 99.6 Å². The van der Waals surface area contributed by atoms with Crippen LogP contribution in [0.1, 0.15) is 58.8 Å². The molecule has 0 heterocycles. The predicted molar refractivity (Wildman–Crippen MR) is 67.5 cm³/mol. The van der Waals surface area contributed by atoms with Gasteiger partial charge in [-0.25, -0.2) is 4.79 Å². The van der Waals surface area contributed by atoms with Gasteiger partial charge in [0.25, 0.3) is 0 Å². The number of rotatable bonds is 4. The van der Waals surface area contributed by atoms with Gasteiger partial charge in [0.2, 0.25) is 0 Å². The number of carbonyl (C=O) groups is 1. The van der Waals surface area contributed by atoms with Gasteiger partial charge >= 0.3 is 6.03 Å². The summed E-state index contributed by atoms with van der Waals surface area (Å²) in [5.74, 6) is 0. The van der Waals surface area contributed by atoms with E-state index in [4.69, 9.17) is 0 Å². The minimum Gasteiger partial charge on any atom is -0.335 e. The quantitative estimate of drug-likeness (QED) is 0.784. The van der Waals surface area contributed by atoms with E-state index in [2.05, 4.69) is 19.2 Å². The maximum absolute atomic E-state index is 11.9. The van der Waals surface area contributed by atoms with Crippen molar-refractivity contribution in [1.82, 2.24) is 10.2 Å². The highest BCUT2D eigenvalue weighted by Crippen LogP contribution is 2.17. The van der Waals surface area contributed by atoms with Crippen LogP contribution < -0.4 is 5.32 Å². The highest BCUT2D eigenvalue weighted by atomic mass is 16.2. The summed E-state index contributed by atoms with van der Waals surface area (Å²) in [6.45, 7) is 4.27. The van der Waals surface area contributed by atoms with Crippen LogP contribution in [0, 0.1) is 0 Å². The average molecular weight is 226 g/mol. The maximum Gasteiger partial charge on any atom is 0.317 e. The molecule has 1 aliphatic rings. The molecule has 1 rings (SSSR count). The first-order valence-electron chi connectivity index (χ1n) is 6.68. The number of urea groups is 1. The first-order valence-corrected chi connectivity index (χ1v) is 6.68. The topological polar surface area (TPSA) is 32.3 Å². The number of hydrogen-bond donors (Lipinski definition) is 1. The van der Waals surface area contributed by atoms with Crippen LogP contribution >= 0.6 is 0 Å². The van der Waals surface area contributed by atoms with E-state index in [1.807, 2.05) is 11.9 Å². The van der Waals surface area contributed by atoms with E-state index in [1.165, 1.54) is 19.3 Å². The van der Waals surface area contributed by atoms with Crippen LogP contribution in [-0.2, 0) is 0 Å². The molecular weight excluding hydrogens is 200 g/mol. The fourth-order valence-corrected chi connectivity index (χ4v) is 2.33. The van der Waals surface area contributed by atoms with E-state index in [1.54, 1.807) is 0 Å². The van der Waals surface area contributed by atoms with Crippen LogP contribution in [0.25, 0.3) is 0 Å². The molecule has 0 saturated heterocycles. The molecule has 1 aliphatic carbocycles. The van der Waals surface area contributed by atoms with E-state index in [0.717, 1.165) is 25.7 Å². The minimum absolute atomic E-state index is 0.104. The van der Waals surface area contributed by atoms with Gasteiger partial charge in [-0.05, 0) is 26.2 Å². The Balaban J connectivity index is 2.32. The summed E-state index contributed by atoms with van der Waals surface area (Å²) in [4.78, 5) is 13.8. The van der Waals surface area contributed by atoms with Gasteiger partial charge in [-0.2, -0.15) is 0 Å². The first-order chi connectivity index (χ1) is 7.65. The summed E-state index contributed by atoms with van der Waals surface area (Å²) in [6.07, 6.45) is 8.37. The zero-order chi connectivity index (χ0) is 12.0. The predicted octanol–water partition coefficient (Wildman–Crippen LogP) is 3.15. The largest absolute Gasteiger partial charge is 0.335 e. The highest BCUT2D eigenvalue weighted by molar-refractivity contribution is 5.74. The molecular formula is C13H26N2O. The van der Waals surface area contributed by atoms with Crippen LogP contribution in [0.5, 0.6) is 0 Å². The second-order valence-corrected chi connectivity index (χ2v) is 5.03. The Bertz CT molecular complexity index is 212. The van der Waals surface area contributed by atoms with Crippen molar-refractivity contribution in [3.63, 3.8) is 0 Å². The molecule has 0 aliphatic heterocycles. The van der Waals surface area contributed by atoms with Crippen LogP contribution in [0.15, 0.2) is 0 Å². The van der Waals surface area contributed by atoms with E-state index in [9.17, 15) is 4.79 Å². The summed E-state index contributed by atoms with van der Waals surface area (Å²) in [5, 5.41) is 3.14. The highest BCUT2D eigenvalue weighted by Gasteiger charge is 2.20. The first kappa shape index (κ1) is 13.3. The van der Waals surface area contributed by atoms with Crippen LogP contribution in [-0.4, -0.2) is 30.1 Å². The molecule has 3 heteroatoms. The smallest absolute Gasteiger partial charge is 0.317 e. The summed E-state index contributed by atoms with van der Waals surface area (Å²) in [7, 11) is 1.90.